The molecule has 2 aromatic heterocycles. The molecule has 9 heteroatoms. The number of hydrogen-bond donors (Lipinski definition) is 2. The van der Waals surface area contributed by atoms with E-state index in [9.17, 15) is 9.59 Å². The van der Waals surface area contributed by atoms with Crippen LogP contribution in [0, 0.1) is 0 Å². The molecule has 9 nitrogen and oxygen atoms in total. The molecule has 30 heavy (non-hydrogen) atoms. The van der Waals surface area contributed by atoms with Crippen molar-refractivity contribution in [3.63, 3.8) is 0 Å². The van der Waals surface area contributed by atoms with E-state index in [-0.39, 0.29) is 23.0 Å². The quantitative estimate of drug-likeness (QED) is 0.531. The Morgan fingerprint density at radius 3 is 2.53 bits per heavy atom. The second-order valence-corrected chi connectivity index (χ2v) is 7.70. The number of hydrogen-bond acceptors (Lipinski definition) is 7. The van der Waals surface area contributed by atoms with Gasteiger partial charge in [-0.25, -0.2) is 4.79 Å². The van der Waals surface area contributed by atoms with Crippen molar-refractivity contribution < 1.29 is 13.8 Å². The molecule has 0 fully saturated rings. The van der Waals surface area contributed by atoms with Crippen LogP contribution in [0.15, 0.2) is 62.4 Å². The largest absolute Gasteiger partial charge is 0.439 e. The number of carbonyl (C=O) groups excluding carboxylic acids is 1. The molecule has 152 valence electrons. The van der Waals surface area contributed by atoms with Gasteiger partial charge in [0.1, 0.15) is 0 Å². The van der Waals surface area contributed by atoms with Crippen LogP contribution in [-0.4, -0.2) is 26.2 Å². The van der Waals surface area contributed by atoms with Crippen molar-refractivity contribution in [1.29, 1.82) is 0 Å². The molecule has 0 saturated heterocycles. The SMILES string of the molecule is CC(C)(C)c1noc(-c2ccccc2C(=O)Nc2cccc(-c3noc(=O)[nH]3)c2)n1. The number of aromatic amines is 1. The van der Waals surface area contributed by atoms with Crippen LogP contribution in [0.4, 0.5) is 5.69 Å². The first-order chi connectivity index (χ1) is 14.3. The van der Waals surface area contributed by atoms with Gasteiger partial charge in [-0.2, -0.15) is 4.98 Å². The standard InChI is InChI=1S/C21H19N5O4/c1-21(2,3)19-24-18(29-26-19)15-10-5-4-9-14(15)17(27)22-13-8-6-7-12(11-13)16-23-20(28)30-25-16/h4-11H,1-3H3,(H,22,27)(H,23,25,28). The molecule has 2 heterocycles. The first kappa shape index (κ1) is 19.3. The van der Waals surface area contributed by atoms with Crippen LogP contribution >= 0.6 is 0 Å². The number of nitrogens with zero attached hydrogens (tertiary/aromatic N) is 3. The second-order valence-electron chi connectivity index (χ2n) is 7.70. The summed E-state index contributed by atoms with van der Waals surface area (Å²) in [6.07, 6.45) is 0. The monoisotopic (exact) mass is 405 g/mol. The summed E-state index contributed by atoms with van der Waals surface area (Å²) in [5.41, 5.74) is 1.77. The number of nitrogens with one attached hydrogen (secondary N) is 2. The number of anilines is 1. The van der Waals surface area contributed by atoms with Crippen molar-refractivity contribution in [1.82, 2.24) is 20.3 Å². The van der Waals surface area contributed by atoms with Crippen LogP contribution in [0.5, 0.6) is 0 Å². The number of H-pyrrole nitrogens is 1. The number of aromatic nitrogens is 4. The van der Waals surface area contributed by atoms with Gasteiger partial charge in [0.05, 0.1) is 11.1 Å². The molecule has 0 atom stereocenters. The summed E-state index contributed by atoms with van der Waals surface area (Å²) in [7, 11) is 0. The first-order valence-corrected chi connectivity index (χ1v) is 9.22. The molecule has 0 aliphatic rings. The molecule has 2 N–H and O–H groups in total. The molecule has 2 aromatic carbocycles. The summed E-state index contributed by atoms with van der Waals surface area (Å²) >= 11 is 0. The van der Waals surface area contributed by atoms with Crippen LogP contribution in [-0.2, 0) is 5.41 Å². The summed E-state index contributed by atoms with van der Waals surface area (Å²) in [5.74, 6) is 0.119. The minimum atomic E-state index is -0.650. The lowest BCUT2D eigenvalue weighted by atomic mass is 9.96. The second kappa shape index (κ2) is 7.43. The highest BCUT2D eigenvalue weighted by Crippen LogP contribution is 2.27. The Kier molecular flexibility index (Phi) is 4.78. The van der Waals surface area contributed by atoms with Gasteiger partial charge < -0.3 is 9.84 Å². The van der Waals surface area contributed by atoms with Crippen molar-refractivity contribution in [3.05, 3.63) is 70.5 Å². The smallest absolute Gasteiger partial charge is 0.334 e. The van der Waals surface area contributed by atoms with Gasteiger partial charge >= 0.3 is 5.76 Å². The van der Waals surface area contributed by atoms with Gasteiger partial charge in [-0.1, -0.05) is 55.4 Å². The third-order valence-electron chi connectivity index (χ3n) is 4.33. The number of benzene rings is 2. The summed E-state index contributed by atoms with van der Waals surface area (Å²) in [5, 5.41) is 10.5. The molecule has 0 aliphatic heterocycles. The maximum Gasteiger partial charge on any atom is 0.439 e. The minimum absolute atomic E-state index is 0.275. The molecule has 0 radical (unpaired) electrons. The molecule has 4 aromatic rings. The lowest BCUT2D eigenvalue weighted by Gasteiger charge is -2.11. The molecule has 0 bridgehead atoms. The minimum Gasteiger partial charge on any atom is -0.334 e. The summed E-state index contributed by atoms with van der Waals surface area (Å²) in [6.45, 7) is 5.94. The Bertz CT molecular complexity index is 1260. The van der Waals surface area contributed by atoms with E-state index in [1.807, 2.05) is 20.8 Å². The highest BCUT2D eigenvalue weighted by molar-refractivity contribution is 6.08. The number of rotatable bonds is 4. The van der Waals surface area contributed by atoms with Gasteiger partial charge in [0, 0.05) is 16.7 Å². The predicted octanol–water partition coefficient (Wildman–Crippen LogP) is 3.63. The van der Waals surface area contributed by atoms with E-state index in [0.29, 0.717) is 28.2 Å². The molecular weight excluding hydrogens is 386 g/mol. The number of carbonyl (C=O) groups is 1. The molecular formula is C21H19N5O4. The van der Waals surface area contributed by atoms with Crippen molar-refractivity contribution >= 4 is 11.6 Å². The van der Waals surface area contributed by atoms with E-state index in [2.05, 4.69) is 30.1 Å². The van der Waals surface area contributed by atoms with Crippen LogP contribution in [0.25, 0.3) is 22.8 Å². The Morgan fingerprint density at radius 2 is 1.83 bits per heavy atom. The van der Waals surface area contributed by atoms with Crippen molar-refractivity contribution in [2.45, 2.75) is 26.2 Å². The van der Waals surface area contributed by atoms with Crippen LogP contribution in [0.2, 0.25) is 0 Å². The van der Waals surface area contributed by atoms with Gasteiger partial charge in [-0.3, -0.25) is 14.3 Å². The van der Waals surface area contributed by atoms with Crippen LogP contribution < -0.4 is 11.1 Å². The van der Waals surface area contributed by atoms with E-state index < -0.39 is 5.76 Å². The maximum absolute atomic E-state index is 13.0. The molecule has 4 rings (SSSR count). The number of amides is 1. The molecule has 0 unspecified atom stereocenters. The highest BCUT2D eigenvalue weighted by atomic mass is 16.5. The van der Waals surface area contributed by atoms with Crippen molar-refractivity contribution in [3.8, 4) is 22.8 Å². The molecule has 0 aliphatic carbocycles. The third kappa shape index (κ3) is 3.90. The normalized spacial score (nSPS) is 11.4. The predicted molar refractivity (Wildman–Crippen MR) is 109 cm³/mol. The van der Waals surface area contributed by atoms with Gasteiger partial charge in [0.2, 0.25) is 0 Å². The van der Waals surface area contributed by atoms with Gasteiger partial charge in [-0.15, -0.1) is 0 Å². The zero-order chi connectivity index (χ0) is 21.3. The van der Waals surface area contributed by atoms with E-state index >= 15 is 0 Å². The third-order valence-corrected chi connectivity index (χ3v) is 4.33. The van der Waals surface area contributed by atoms with Crippen molar-refractivity contribution in [2.75, 3.05) is 5.32 Å². The highest BCUT2D eigenvalue weighted by Gasteiger charge is 2.23. The fourth-order valence-electron chi connectivity index (χ4n) is 2.80. The van der Waals surface area contributed by atoms with E-state index in [1.54, 1.807) is 48.5 Å². The summed E-state index contributed by atoms with van der Waals surface area (Å²) in [4.78, 5) is 31.1. The maximum atomic E-state index is 13.0. The Balaban J connectivity index is 1.62. The Hall–Kier alpha value is -4.01. The zero-order valence-electron chi connectivity index (χ0n) is 16.6. The first-order valence-electron chi connectivity index (χ1n) is 9.22. The van der Waals surface area contributed by atoms with Gasteiger partial charge in [0.15, 0.2) is 11.6 Å². The van der Waals surface area contributed by atoms with E-state index in [4.69, 9.17) is 4.52 Å². The van der Waals surface area contributed by atoms with Gasteiger partial charge in [0.25, 0.3) is 11.8 Å². The molecule has 0 spiro atoms. The topological polar surface area (TPSA) is 127 Å². The summed E-state index contributed by atoms with van der Waals surface area (Å²) < 4.78 is 9.93. The lowest BCUT2D eigenvalue weighted by Crippen LogP contribution is -2.14. The van der Waals surface area contributed by atoms with E-state index in [0.717, 1.165) is 0 Å². The fraction of sp³-hybridized carbons (Fsp3) is 0.190. The Morgan fingerprint density at radius 1 is 1.03 bits per heavy atom. The average Bonchev–Trinajstić information content (AvgIpc) is 3.37. The zero-order valence-corrected chi connectivity index (χ0v) is 16.6. The lowest BCUT2D eigenvalue weighted by molar-refractivity contribution is 0.102. The fourth-order valence-corrected chi connectivity index (χ4v) is 2.80. The van der Waals surface area contributed by atoms with E-state index in [1.165, 1.54) is 0 Å². The van der Waals surface area contributed by atoms with Crippen LogP contribution in [0.3, 0.4) is 0 Å². The molecule has 1 amide bonds. The van der Waals surface area contributed by atoms with Crippen LogP contribution in [0.1, 0.15) is 37.0 Å². The Labute approximate surface area is 171 Å². The van der Waals surface area contributed by atoms with Crippen molar-refractivity contribution in [2.24, 2.45) is 0 Å². The molecule has 0 saturated carbocycles. The van der Waals surface area contributed by atoms with Gasteiger partial charge in [-0.05, 0) is 24.3 Å². The summed E-state index contributed by atoms with van der Waals surface area (Å²) in [6, 6.07) is 13.9. The average molecular weight is 405 g/mol.